The molecule has 1 aromatic heterocycles. The third-order valence-electron chi connectivity index (χ3n) is 2.84. The van der Waals surface area contributed by atoms with Crippen molar-refractivity contribution < 1.29 is 9.53 Å². The maximum atomic E-state index is 11.6. The van der Waals surface area contributed by atoms with Gasteiger partial charge in [-0.1, -0.05) is 18.2 Å². The van der Waals surface area contributed by atoms with Crippen molar-refractivity contribution in [3.63, 3.8) is 0 Å². The molecule has 3 N–H and O–H groups in total. The lowest BCUT2D eigenvalue weighted by molar-refractivity contribution is -0.122. The zero-order valence-electron chi connectivity index (χ0n) is 11.4. The Morgan fingerprint density at radius 2 is 2.25 bits per heavy atom. The summed E-state index contributed by atoms with van der Waals surface area (Å²) in [5.41, 5.74) is 8.42. The van der Waals surface area contributed by atoms with Crippen LogP contribution in [-0.2, 0) is 16.1 Å². The van der Waals surface area contributed by atoms with E-state index in [-0.39, 0.29) is 12.5 Å². The van der Waals surface area contributed by atoms with Crippen molar-refractivity contribution in [2.75, 3.05) is 26.0 Å². The fraction of sp³-hybridized carbons (Fsp3) is 0.286. The summed E-state index contributed by atoms with van der Waals surface area (Å²) in [6.45, 7) is 1.17. The van der Waals surface area contributed by atoms with E-state index in [0.29, 0.717) is 18.8 Å². The molecule has 0 aliphatic heterocycles. The van der Waals surface area contributed by atoms with Gasteiger partial charge in [-0.3, -0.25) is 9.48 Å². The summed E-state index contributed by atoms with van der Waals surface area (Å²) in [7, 11) is 1.59. The Morgan fingerprint density at radius 3 is 3.00 bits per heavy atom. The van der Waals surface area contributed by atoms with Crippen LogP contribution in [0.2, 0.25) is 0 Å². The van der Waals surface area contributed by atoms with E-state index < -0.39 is 0 Å². The number of carbonyl (C=O) groups is 1. The number of anilines is 1. The highest BCUT2D eigenvalue weighted by Gasteiger charge is 2.07. The van der Waals surface area contributed by atoms with Crippen LogP contribution < -0.4 is 11.1 Å². The van der Waals surface area contributed by atoms with E-state index in [0.717, 1.165) is 11.1 Å². The van der Waals surface area contributed by atoms with E-state index in [2.05, 4.69) is 10.4 Å². The number of benzene rings is 1. The molecular weight excluding hydrogens is 256 g/mol. The maximum Gasteiger partial charge on any atom is 0.241 e. The van der Waals surface area contributed by atoms with Gasteiger partial charge >= 0.3 is 0 Å². The predicted molar refractivity (Wildman–Crippen MR) is 77.0 cm³/mol. The maximum absolute atomic E-state index is 11.6. The Bertz CT molecular complexity index is 580. The highest BCUT2D eigenvalue weighted by atomic mass is 16.5. The number of carbonyl (C=O) groups excluding carboxylic acids is 1. The molecule has 0 bridgehead atoms. The Morgan fingerprint density at radius 1 is 1.45 bits per heavy atom. The topological polar surface area (TPSA) is 82.2 Å². The summed E-state index contributed by atoms with van der Waals surface area (Å²) in [6.07, 6.45) is 3.51. The summed E-state index contributed by atoms with van der Waals surface area (Å²) in [5.74, 6) is -0.0993. The molecule has 0 fully saturated rings. The minimum atomic E-state index is -0.0993. The van der Waals surface area contributed by atoms with Crippen LogP contribution in [0.1, 0.15) is 0 Å². The largest absolute Gasteiger partial charge is 0.398 e. The first kappa shape index (κ1) is 14.1. The van der Waals surface area contributed by atoms with Crippen molar-refractivity contribution in [2.24, 2.45) is 0 Å². The second-order valence-corrected chi connectivity index (χ2v) is 4.36. The number of nitrogen functional groups attached to an aromatic ring is 1. The van der Waals surface area contributed by atoms with Gasteiger partial charge in [0.05, 0.1) is 12.8 Å². The molecule has 6 heteroatoms. The number of nitrogens with zero attached hydrogens (tertiary/aromatic N) is 2. The van der Waals surface area contributed by atoms with Crippen LogP contribution in [0.4, 0.5) is 5.69 Å². The first-order chi connectivity index (χ1) is 9.70. The molecule has 6 nitrogen and oxygen atoms in total. The summed E-state index contributed by atoms with van der Waals surface area (Å²) < 4.78 is 6.45. The van der Waals surface area contributed by atoms with Gasteiger partial charge in [-0.25, -0.2) is 0 Å². The van der Waals surface area contributed by atoms with Crippen LogP contribution in [0, 0.1) is 0 Å². The van der Waals surface area contributed by atoms with Crippen molar-refractivity contribution in [1.29, 1.82) is 0 Å². The molecule has 1 amide bonds. The SMILES string of the molecule is COCCNC(=O)Cn1cc(-c2ccccc2N)cn1. The van der Waals surface area contributed by atoms with E-state index in [1.165, 1.54) is 0 Å². The summed E-state index contributed by atoms with van der Waals surface area (Å²) in [4.78, 5) is 11.6. The number of aromatic nitrogens is 2. The molecule has 1 heterocycles. The number of nitrogens with one attached hydrogen (secondary N) is 1. The Hall–Kier alpha value is -2.34. The standard InChI is InChI=1S/C14H18N4O2/c1-20-7-6-16-14(19)10-18-9-11(8-17-18)12-4-2-3-5-13(12)15/h2-5,8-9H,6-7,10,15H2,1H3,(H,16,19). The number of nitrogens with two attached hydrogens (primary N) is 1. The minimum Gasteiger partial charge on any atom is -0.398 e. The molecule has 2 rings (SSSR count). The van der Waals surface area contributed by atoms with Gasteiger partial charge in [-0.15, -0.1) is 0 Å². The molecule has 0 saturated carbocycles. The van der Waals surface area contributed by atoms with Crippen LogP contribution >= 0.6 is 0 Å². The van der Waals surface area contributed by atoms with Crippen LogP contribution in [0.25, 0.3) is 11.1 Å². The molecule has 2 aromatic rings. The molecule has 0 atom stereocenters. The zero-order chi connectivity index (χ0) is 14.4. The second-order valence-electron chi connectivity index (χ2n) is 4.36. The number of methoxy groups -OCH3 is 1. The Kier molecular flexibility index (Phi) is 4.73. The third-order valence-corrected chi connectivity index (χ3v) is 2.84. The van der Waals surface area contributed by atoms with Gasteiger partial charge in [-0.05, 0) is 6.07 Å². The van der Waals surface area contributed by atoms with E-state index in [9.17, 15) is 4.79 Å². The summed E-state index contributed by atoms with van der Waals surface area (Å²) >= 11 is 0. The summed E-state index contributed by atoms with van der Waals surface area (Å²) in [5, 5.41) is 6.91. The average molecular weight is 274 g/mol. The normalized spacial score (nSPS) is 10.4. The zero-order valence-corrected chi connectivity index (χ0v) is 11.4. The molecule has 0 saturated heterocycles. The van der Waals surface area contributed by atoms with Crippen molar-refractivity contribution in [1.82, 2.24) is 15.1 Å². The third kappa shape index (κ3) is 3.58. The molecule has 106 valence electrons. The molecule has 20 heavy (non-hydrogen) atoms. The smallest absolute Gasteiger partial charge is 0.241 e. The summed E-state index contributed by atoms with van der Waals surface area (Å²) in [6, 6.07) is 7.56. The average Bonchev–Trinajstić information content (AvgIpc) is 2.88. The first-order valence-electron chi connectivity index (χ1n) is 6.33. The second kappa shape index (κ2) is 6.72. The molecule has 0 radical (unpaired) electrons. The monoisotopic (exact) mass is 274 g/mol. The van der Waals surface area contributed by atoms with Crippen molar-refractivity contribution in [3.8, 4) is 11.1 Å². The van der Waals surface area contributed by atoms with Gasteiger partial charge in [0.25, 0.3) is 0 Å². The van der Waals surface area contributed by atoms with Crippen LogP contribution in [-0.4, -0.2) is 35.9 Å². The van der Waals surface area contributed by atoms with Crippen molar-refractivity contribution in [3.05, 3.63) is 36.7 Å². The van der Waals surface area contributed by atoms with Crippen molar-refractivity contribution >= 4 is 11.6 Å². The Labute approximate surface area is 117 Å². The molecule has 0 spiro atoms. The van der Waals surface area contributed by atoms with E-state index in [4.69, 9.17) is 10.5 Å². The quantitative estimate of drug-likeness (QED) is 0.605. The molecule has 1 aromatic carbocycles. The van der Waals surface area contributed by atoms with Crippen molar-refractivity contribution in [2.45, 2.75) is 6.54 Å². The first-order valence-corrected chi connectivity index (χ1v) is 6.33. The lowest BCUT2D eigenvalue weighted by atomic mass is 10.1. The fourth-order valence-corrected chi connectivity index (χ4v) is 1.84. The molecule has 0 aliphatic carbocycles. The van der Waals surface area contributed by atoms with Gasteiger partial charge in [0.1, 0.15) is 6.54 Å². The number of para-hydroxylation sites is 1. The number of ether oxygens (including phenoxy) is 1. The highest BCUT2D eigenvalue weighted by Crippen LogP contribution is 2.24. The predicted octanol–water partition coefficient (Wildman–Crippen LogP) is 0.895. The highest BCUT2D eigenvalue weighted by molar-refractivity contribution is 5.77. The van der Waals surface area contributed by atoms with Gasteiger partial charge in [0.2, 0.25) is 5.91 Å². The molecular formula is C14H18N4O2. The fourth-order valence-electron chi connectivity index (χ4n) is 1.84. The van der Waals surface area contributed by atoms with Crippen LogP contribution in [0.5, 0.6) is 0 Å². The Balaban J connectivity index is 1.99. The minimum absolute atomic E-state index is 0.0993. The van der Waals surface area contributed by atoms with E-state index in [1.807, 2.05) is 30.5 Å². The molecule has 0 unspecified atom stereocenters. The van der Waals surface area contributed by atoms with E-state index >= 15 is 0 Å². The molecule has 0 aliphatic rings. The number of rotatable bonds is 6. The van der Waals surface area contributed by atoms with Gasteiger partial charge in [0.15, 0.2) is 0 Å². The lowest BCUT2D eigenvalue weighted by Gasteiger charge is -2.04. The van der Waals surface area contributed by atoms with Gasteiger partial charge in [-0.2, -0.15) is 5.10 Å². The number of hydrogen-bond donors (Lipinski definition) is 2. The van der Waals surface area contributed by atoms with Crippen LogP contribution in [0.3, 0.4) is 0 Å². The van der Waals surface area contributed by atoms with Crippen LogP contribution in [0.15, 0.2) is 36.7 Å². The van der Waals surface area contributed by atoms with Gasteiger partial charge < -0.3 is 15.8 Å². The van der Waals surface area contributed by atoms with Gasteiger partial charge in [0, 0.05) is 36.7 Å². The lowest BCUT2D eigenvalue weighted by Crippen LogP contribution is -2.30. The number of amides is 1. The van der Waals surface area contributed by atoms with E-state index in [1.54, 1.807) is 18.0 Å². The number of hydrogen-bond acceptors (Lipinski definition) is 4.